The predicted octanol–water partition coefficient (Wildman–Crippen LogP) is 5.88. The Morgan fingerprint density at radius 2 is 1.43 bits per heavy atom. The van der Waals surface area contributed by atoms with Gasteiger partial charge < -0.3 is 10.2 Å². The van der Waals surface area contributed by atoms with Gasteiger partial charge in [-0.25, -0.2) is 12.8 Å². The van der Waals surface area contributed by atoms with E-state index in [4.69, 9.17) is 0 Å². The van der Waals surface area contributed by atoms with E-state index in [1.807, 2.05) is 51.1 Å². The van der Waals surface area contributed by atoms with Crippen molar-refractivity contribution in [2.24, 2.45) is 0 Å². The van der Waals surface area contributed by atoms with Crippen molar-refractivity contribution < 1.29 is 22.4 Å². The number of amides is 2. The molecular weight excluding hydrogens is 577 g/mol. The van der Waals surface area contributed by atoms with Crippen molar-refractivity contribution >= 4 is 27.5 Å². The Bertz CT molecular complexity index is 1650. The highest BCUT2D eigenvalue weighted by molar-refractivity contribution is 7.92. The average molecular weight is 616 g/mol. The van der Waals surface area contributed by atoms with Gasteiger partial charge in [-0.1, -0.05) is 91.3 Å². The first kappa shape index (κ1) is 32.4. The molecule has 0 saturated carbocycles. The number of nitrogens with zero attached hydrogens (tertiary/aromatic N) is 2. The maximum Gasteiger partial charge on any atom is 0.264 e. The number of sulfonamides is 1. The molecule has 0 unspecified atom stereocenters. The van der Waals surface area contributed by atoms with Crippen molar-refractivity contribution in [1.82, 2.24) is 10.2 Å². The first-order valence-corrected chi connectivity index (χ1v) is 16.1. The molecule has 44 heavy (non-hydrogen) atoms. The number of rotatable bonds is 13. The summed E-state index contributed by atoms with van der Waals surface area (Å²) in [7, 11) is -4.19. The minimum atomic E-state index is -4.19. The van der Waals surface area contributed by atoms with Crippen LogP contribution in [-0.2, 0) is 32.6 Å². The molecule has 4 aromatic rings. The van der Waals surface area contributed by atoms with Crippen LogP contribution in [0.5, 0.6) is 0 Å². The number of halogens is 1. The van der Waals surface area contributed by atoms with E-state index < -0.39 is 40.2 Å². The highest BCUT2D eigenvalue weighted by Gasteiger charge is 2.35. The van der Waals surface area contributed by atoms with Crippen LogP contribution < -0.4 is 9.62 Å². The van der Waals surface area contributed by atoms with Crippen LogP contribution in [-0.4, -0.2) is 43.8 Å². The molecule has 0 saturated heterocycles. The zero-order valence-electron chi connectivity index (χ0n) is 25.2. The Morgan fingerprint density at radius 3 is 2.05 bits per heavy atom. The van der Waals surface area contributed by atoms with E-state index in [0.717, 1.165) is 15.4 Å². The molecule has 2 amide bonds. The normalized spacial score (nSPS) is 12.6. The van der Waals surface area contributed by atoms with Crippen LogP contribution in [0.1, 0.15) is 37.0 Å². The summed E-state index contributed by atoms with van der Waals surface area (Å²) in [5.41, 5.74) is 2.23. The zero-order chi connectivity index (χ0) is 31.7. The van der Waals surface area contributed by atoms with Crippen molar-refractivity contribution in [3.8, 4) is 0 Å². The Morgan fingerprint density at radius 1 is 0.841 bits per heavy atom. The van der Waals surface area contributed by atoms with Gasteiger partial charge in [0, 0.05) is 24.6 Å². The summed E-state index contributed by atoms with van der Waals surface area (Å²) >= 11 is 0. The molecule has 9 heteroatoms. The smallest absolute Gasteiger partial charge is 0.264 e. The molecule has 0 bridgehead atoms. The summed E-state index contributed by atoms with van der Waals surface area (Å²) < 4.78 is 44.0. The van der Waals surface area contributed by atoms with Crippen molar-refractivity contribution in [1.29, 1.82) is 0 Å². The van der Waals surface area contributed by atoms with E-state index >= 15 is 4.39 Å². The second kappa shape index (κ2) is 14.8. The number of hydrogen-bond donors (Lipinski definition) is 1. The van der Waals surface area contributed by atoms with Gasteiger partial charge in [-0.2, -0.15) is 0 Å². The molecule has 0 aliphatic carbocycles. The Kier molecular flexibility index (Phi) is 10.9. The molecule has 0 heterocycles. The monoisotopic (exact) mass is 615 g/mol. The van der Waals surface area contributed by atoms with Crippen molar-refractivity contribution in [3.05, 3.63) is 132 Å². The van der Waals surface area contributed by atoms with Gasteiger partial charge in [0.2, 0.25) is 11.8 Å². The van der Waals surface area contributed by atoms with Crippen LogP contribution in [0.2, 0.25) is 0 Å². The number of hydrogen-bond acceptors (Lipinski definition) is 4. The van der Waals surface area contributed by atoms with Crippen LogP contribution in [0.15, 0.2) is 114 Å². The predicted molar refractivity (Wildman–Crippen MR) is 171 cm³/mol. The molecular formula is C35H38FN3O4S. The highest BCUT2D eigenvalue weighted by atomic mass is 32.2. The van der Waals surface area contributed by atoms with E-state index in [9.17, 15) is 18.0 Å². The van der Waals surface area contributed by atoms with Gasteiger partial charge in [0.25, 0.3) is 10.0 Å². The van der Waals surface area contributed by atoms with E-state index in [1.165, 1.54) is 23.1 Å². The summed E-state index contributed by atoms with van der Waals surface area (Å²) in [6.07, 6.45) is 0.820. The molecule has 0 aromatic heterocycles. The molecule has 0 radical (unpaired) electrons. The fourth-order valence-corrected chi connectivity index (χ4v) is 6.20. The summed E-state index contributed by atoms with van der Waals surface area (Å²) in [6.45, 7) is 4.85. The number of carbonyl (C=O) groups is 2. The van der Waals surface area contributed by atoms with Crippen LogP contribution in [0.4, 0.5) is 10.1 Å². The topological polar surface area (TPSA) is 86.8 Å². The summed E-state index contributed by atoms with van der Waals surface area (Å²) in [4.78, 5) is 29.5. The van der Waals surface area contributed by atoms with Crippen LogP contribution in [0.3, 0.4) is 0 Å². The molecule has 1 N–H and O–H groups in total. The summed E-state index contributed by atoms with van der Waals surface area (Å²) in [6, 6.07) is 28.8. The van der Waals surface area contributed by atoms with Gasteiger partial charge in [0.1, 0.15) is 18.4 Å². The first-order valence-electron chi connectivity index (χ1n) is 14.6. The Hall–Kier alpha value is -4.50. The van der Waals surface area contributed by atoms with Crippen molar-refractivity contribution in [3.63, 3.8) is 0 Å². The molecule has 2 atom stereocenters. The van der Waals surface area contributed by atoms with Gasteiger partial charge in [0.15, 0.2) is 0 Å². The van der Waals surface area contributed by atoms with Gasteiger partial charge in [0.05, 0.1) is 10.6 Å². The minimum Gasteiger partial charge on any atom is -0.352 e. The van der Waals surface area contributed by atoms with E-state index in [0.29, 0.717) is 12.1 Å². The maximum atomic E-state index is 15.0. The van der Waals surface area contributed by atoms with Gasteiger partial charge in [-0.05, 0) is 56.2 Å². The summed E-state index contributed by atoms with van der Waals surface area (Å²) in [5.74, 6) is -1.58. The maximum absolute atomic E-state index is 15.0. The van der Waals surface area contributed by atoms with E-state index in [1.54, 1.807) is 60.7 Å². The van der Waals surface area contributed by atoms with Crippen molar-refractivity contribution in [2.45, 2.75) is 57.1 Å². The standard InChI is InChI=1S/C35H38FN3O4S/c1-4-27(3)37-35(41)33(23-28-13-7-5-8-14-28)38(24-29-15-11-12-18-32(29)36)34(40)25-39(30-21-19-26(2)20-22-30)44(42,43)31-16-9-6-10-17-31/h5-22,27,33H,4,23-25H2,1-3H3,(H,37,41)/t27-,33-/m1/s1. The SMILES string of the molecule is CC[C@@H](C)NC(=O)[C@@H](Cc1ccccc1)N(Cc1ccccc1F)C(=O)CN(c1ccc(C)cc1)S(=O)(=O)c1ccccc1. The lowest BCUT2D eigenvalue weighted by Crippen LogP contribution is -2.54. The molecule has 7 nitrogen and oxygen atoms in total. The fourth-order valence-electron chi connectivity index (χ4n) is 4.76. The molecule has 0 spiro atoms. The van der Waals surface area contributed by atoms with E-state index in [-0.39, 0.29) is 29.5 Å². The first-order chi connectivity index (χ1) is 21.1. The highest BCUT2D eigenvalue weighted by Crippen LogP contribution is 2.25. The quantitative estimate of drug-likeness (QED) is 0.203. The lowest BCUT2D eigenvalue weighted by molar-refractivity contribution is -0.140. The average Bonchev–Trinajstić information content (AvgIpc) is 3.03. The van der Waals surface area contributed by atoms with E-state index in [2.05, 4.69) is 5.32 Å². The molecule has 230 valence electrons. The van der Waals surface area contributed by atoms with Crippen molar-refractivity contribution in [2.75, 3.05) is 10.8 Å². The molecule has 0 fully saturated rings. The Balaban J connectivity index is 1.80. The number of carbonyl (C=O) groups excluding carboxylic acids is 2. The third-order valence-electron chi connectivity index (χ3n) is 7.50. The molecule has 0 aliphatic rings. The molecule has 4 aromatic carbocycles. The van der Waals surface area contributed by atoms with Gasteiger partial charge >= 0.3 is 0 Å². The Labute approximate surface area is 259 Å². The molecule has 4 rings (SSSR count). The lowest BCUT2D eigenvalue weighted by atomic mass is 10.0. The minimum absolute atomic E-state index is 0.0179. The van der Waals surface area contributed by atoms with Gasteiger partial charge in [-0.3, -0.25) is 13.9 Å². The number of anilines is 1. The lowest BCUT2D eigenvalue weighted by Gasteiger charge is -2.34. The number of aryl methyl sites for hydroxylation is 1. The van der Waals surface area contributed by atoms with Crippen LogP contribution >= 0.6 is 0 Å². The largest absolute Gasteiger partial charge is 0.352 e. The van der Waals surface area contributed by atoms with Gasteiger partial charge in [-0.15, -0.1) is 0 Å². The number of nitrogens with one attached hydrogen (secondary N) is 1. The fraction of sp³-hybridized carbons (Fsp3) is 0.257. The van der Waals surface area contributed by atoms with Crippen LogP contribution in [0.25, 0.3) is 0 Å². The zero-order valence-corrected chi connectivity index (χ0v) is 26.0. The number of benzene rings is 4. The third kappa shape index (κ3) is 8.11. The summed E-state index contributed by atoms with van der Waals surface area (Å²) in [5, 5.41) is 2.97. The van der Waals surface area contributed by atoms with Crippen LogP contribution in [0, 0.1) is 12.7 Å². The second-order valence-corrected chi connectivity index (χ2v) is 12.7. The second-order valence-electron chi connectivity index (χ2n) is 10.8. The molecule has 0 aliphatic heterocycles. The third-order valence-corrected chi connectivity index (χ3v) is 9.29.